The Kier molecular flexibility index (Phi) is 5.05. The third kappa shape index (κ3) is 3.67. The van der Waals surface area contributed by atoms with Crippen molar-refractivity contribution in [2.24, 2.45) is 0 Å². The van der Waals surface area contributed by atoms with E-state index >= 15 is 0 Å². The monoisotopic (exact) mass is 394 g/mol. The topological polar surface area (TPSA) is 80.7 Å². The van der Waals surface area contributed by atoms with Crippen molar-refractivity contribution in [3.63, 3.8) is 0 Å². The Hall–Kier alpha value is -2.79. The number of hydrogen-bond acceptors (Lipinski definition) is 3. The molecule has 0 atom stereocenters. The van der Waals surface area contributed by atoms with Gasteiger partial charge in [-0.1, -0.05) is 60.7 Å². The first-order valence-electron chi connectivity index (χ1n) is 7.86. The Morgan fingerprint density at radius 3 is 2.24 bits per heavy atom. The number of halogens is 1. The molecule has 0 fully saturated rings. The molecule has 0 saturated heterocycles. The summed E-state index contributed by atoms with van der Waals surface area (Å²) in [5.41, 5.74) is 15.4. The van der Waals surface area contributed by atoms with Gasteiger partial charge in [-0.15, -0.1) is 0 Å². The number of benzene rings is 3. The van der Waals surface area contributed by atoms with Gasteiger partial charge in [0.25, 0.3) is 0 Å². The number of aromatic nitrogens is 2. The predicted octanol–water partition coefficient (Wildman–Crippen LogP) is 5.15. The number of aromatic amines is 1. The van der Waals surface area contributed by atoms with E-state index in [9.17, 15) is 0 Å². The second-order valence-corrected chi connectivity index (χ2v) is 6.46. The zero-order valence-corrected chi connectivity index (χ0v) is 15.4. The Morgan fingerprint density at radius 1 is 0.880 bits per heavy atom. The zero-order chi connectivity index (χ0) is 17.8. The van der Waals surface area contributed by atoms with Gasteiger partial charge in [-0.05, 0) is 45.3 Å². The van der Waals surface area contributed by atoms with E-state index in [0.717, 1.165) is 32.4 Å². The van der Waals surface area contributed by atoms with Crippen LogP contribution in [0.1, 0.15) is 5.69 Å². The minimum atomic E-state index is 0.559. The van der Waals surface area contributed by atoms with Crippen LogP contribution >= 0.6 is 15.9 Å². The first-order chi connectivity index (χ1) is 12.1. The molecule has 25 heavy (non-hydrogen) atoms. The molecule has 0 unspecified atom stereocenters. The Morgan fingerprint density at radius 2 is 1.56 bits per heavy atom. The third-order valence-electron chi connectivity index (χ3n) is 3.93. The van der Waals surface area contributed by atoms with Gasteiger partial charge in [-0.2, -0.15) is 5.10 Å². The summed E-state index contributed by atoms with van der Waals surface area (Å²) in [7, 11) is 0. The summed E-state index contributed by atoms with van der Waals surface area (Å²) < 4.78 is 0.987. The number of H-pyrrole nitrogens is 1. The second kappa shape index (κ2) is 7.40. The highest BCUT2D eigenvalue weighted by atomic mass is 79.9. The zero-order valence-electron chi connectivity index (χ0n) is 13.8. The maximum absolute atomic E-state index is 5.74. The number of anilines is 2. The SMILES string of the molecule is Cc1[nH]nc(N)c1-c1ccccc1.Nc1ccc2ccccc2c1Br. The van der Waals surface area contributed by atoms with Crippen molar-refractivity contribution in [3.8, 4) is 11.1 Å². The molecule has 5 heteroatoms. The Labute approximate surface area is 155 Å². The van der Waals surface area contributed by atoms with E-state index < -0.39 is 0 Å². The van der Waals surface area contributed by atoms with E-state index in [1.807, 2.05) is 61.5 Å². The highest BCUT2D eigenvalue weighted by Gasteiger charge is 2.08. The van der Waals surface area contributed by atoms with Crippen molar-refractivity contribution in [2.75, 3.05) is 11.5 Å². The molecule has 3 aromatic carbocycles. The molecule has 0 bridgehead atoms. The van der Waals surface area contributed by atoms with Crippen LogP contribution in [0.15, 0.2) is 71.2 Å². The molecule has 0 amide bonds. The molecule has 1 heterocycles. The van der Waals surface area contributed by atoms with Crippen LogP contribution in [0.2, 0.25) is 0 Å². The number of nitrogens with zero attached hydrogens (tertiary/aromatic N) is 1. The molecule has 0 saturated carbocycles. The molecule has 4 nitrogen and oxygen atoms in total. The van der Waals surface area contributed by atoms with Crippen molar-refractivity contribution >= 4 is 38.2 Å². The lowest BCUT2D eigenvalue weighted by molar-refractivity contribution is 1.05. The molecule has 0 spiro atoms. The number of nitrogen functional groups attached to an aromatic ring is 2. The fraction of sp³-hybridized carbons (Fsp3) is 0.0500. The minimum absolute atomic E-state index is 0.559. The molecule has 5 N–H and O–H groups in total. The van der Waals surface area contributed by atoms with E-state index in [-0.39, 0.29) is 0 Å². The maximum Gasteiger partial charge on any atom is 0.153 e. The van der Waals surface area contributed by atoms with Gasteiger partial charge in [0.1, 0.15) is 0 Å². The molecular formula is C20H19BrN4. The van der Waals surface area contributed by atoms with Crippen LogP contribution in [-0.4, -0.2) is 10.2 Å². The van der Waals surface area contributed by atoms with Gasteiger partial charge in [-0.3, -0.25) is 5.10 Å². The first kappa shape index (κ1) is 17.0. The Balaban J connectivity index is 0.000000146. The van der Waals surface area contributed by atoms with E-state index in [0.29, 0.717) is 5.82 Å². The number of nitrogens with one attached hydrogen (secondary N) is 1. The van der Waals surface area contributed by atoms with Crippen LogP contribution in [0.5, 0.6) is 0 Å². The van der Waals surface area contributed by atoms with Gasteiger partial charge in [0.15, 0.2) is 5.82 Å². The molecule has 0 aliphatic carbocycles. The number of aryl methyl sites for hydroxylation is 1. The molecule has 0 aliphatic rings. The standard InChI is InChI=1S/C10H8BrN.C10H11N3/c11-10-8-4-2-1-3-7(8)5-6-9(10)12;1-7-9(10(11)13-12-7)8-5-3-2-4-6-8/h1-6H,12H2;2-6H,1H3,(H3,11,12,13). The summed E-state index contributed by atoms with van der Waals surface area (Å²) in [6, 6.07) is 22.1. The van der Waals surface area contributed by atoms with Crippen molar-refractivity contribution in [1.29, 1.82) is 0 Å². The predicted molar refractivity (Wildman–Crippen MR) is 109 cm³/mol. The largest absolute Gasteiger partial charge is 0.398 e. The third-order valence-corrected chi connectivity index (χ3v) is 4.82. The lowest BCUT2D eigenvalue weighted by Gasteiger charge is -2.02. The molecule has 0 radical (unpaired) electrons. The smallest absolute Gasteiger partial charge is 0.153 e. The van der Waals surface area contributed by atoms with Crippen LogP contribution in [0.3, 0.4) is 0 Å². The van der Waals surface area contributed by atoms with Gasteiger partial charge < -0.3 is 11.5 Å². The van der Waals surface area contributed by atoms with Gasteiger partial charge in [-0.25, -0.2) is 0 Å². The fourth-order valence-electron chi connectivity index (χ4n) is 2.67. The summed E-state index contributed by atoms with van der Waals surface area (Å²) in [6.07, 6.45) is 0. The summed E-state index contributed by atoms with van der Waals surface area (Å²) in [5.74, 6) is 0.559. The number of nitrogens with two attached hydrogens (primary N) is 2. The average molecular weight is 395 g/mol. The molecule has 4 rings (SSSR count). The van der Waals surface area contributed by atoms with E-state index in [1.165, 1.54) is 5.39 Å². The van der Waals surface area contributed by atoms with Crippen LogP contribution in [0, 0.1) is 6.92 Å². The number of rotatable bonds is 1. The van der Waals surface area contributed by atoms with Gasteiger partial charge in [0.2, 0.25) is 0 Å². The molecule has 126 valence electrons. The normalized spacial score (nSPS) is 10.3. The first-order valence-corrected chi connectivity index (χ1v) is 8.66. The fourth-order valence-corrected chi connectivity index (χ4v) is 3.16. The number of fused-ring (bicyclic) bond motifs is 1. The van der Waals surface area contributed by atoms with Crippen LogP contribution in [0.4, 0.5) is 11.5 Å². The average Bonchev–Trinajstić information content (AvgIpc) is 2.98. The second-order valence-electron chi connectivity index (χ2n) is 5.66. The van der Waals surface area contributed by atoms with Crippen molar-refractivity contribution in [1.82, 2.24) is 10.2 Å². The van der Waals surface area contributed by atoms with E-state index in [4.69, 9.17) is 11.5 Å². The summed E-state index contributed by atoms with van der Waals surface area (Å²) >= 11 is 3.46. The highest BCUT2D eigenvalue weighted by molar-refractivity contribution is 9.10. The molecule has 1 aromatic heterocycles. The molecular weight excluding hydrogens is 376 g/mol. The quantitative estimate of drug-likeness (QED) is 0.390. The summed E-state index contributed by atoms with van der Waals surface area (Å²) in [5, 5.41) is 9.18. The van der Waals surface area contributed by atoms with Crippen LogP contribution < -0.4 is 11.5 Å². The van der Waals surface area contributed by atoms with Crippen molar-refractivity contribution in [2.45, 2.75) is 6.92 Å². The van der Waals surface area contributed by atoms with Gasteiger partial charge >= 0.3 is 0 Å². The van der Waals surface area contributed by atoms with Gasteiger partial charge in [0.05, 0.1) is 0 Å². The highest BCUT2D eigenvalue weighted by Crippen LogP contribution is 2.29. The van der Waals surface area contributed by atoms with E-state index in [2.05, 4.69) is 38.3 Å². The molecule has 4 aromatic rings. The van der Waals surface area contributed by atoms with Crippen LogP contribution in [0.25, 0.3) is 21.9 Å². The minimum Gasteiger partial charge on any atom is -0.398 e. The van der Waals surface area contributed by atoms with Crippen molar-refractivity contribution in [3.05, 3.63) is 76.9 Å². The Bertz CT molecular complexity index is 974. The lowest BCUT2D eigenvalue weighted by Crippen LogP contribution is -1.87. The summed E-state index contributed by atoms with van der Waals surface area (Å²) in [4.78, 5) is 0. The van der Waals surface area contributed by atoms with Crippen molar-refractivity contribution < 1.29 is 0 Å². The molecule has 0 aliphatic heterocycles. The maximum atomic E-state index is 5.74. The summed E-state index contributed by atoms with van der Waals surface area (Å²) in [6.45, 7) is 1.96. The van der Waals surface area contributed by atoms with E-state index in [1.54, 1.807) is 0 Å². The van der Waals surface area contributed by atoms with Gasteiger partial charge in [0, 0.05) is 21.4 Å². The lowest BCUT2D eigenvalue weighted by atomic mass is 10.1. The number of hydrogen-bond donors (Lipinski definition) is 3. The van der Waals surface area contributed by atoms with Crippen LogP contribution in [-0.2, 0) is 0 Å².